The minimum atomic E-state index is 0.121. The molecule has 2 N–H and O–H groups in total. The molecule has 0 bridgehead atoms. The Morgan fingerprint density at radius 2 is 2.25 bits per heavy atom. The van der Waals surface area contributed by atoms with Gasteiger partial charge in [0.05, 0.1) is 0 Å². The Bertz CT molecular complexity index is 360. The summed E-state index contributed by atoms with van der Waals surface area (Å²) in [5, 5.41) is 5.68. The van der Waals surface area contributed by atoms with Crippen molar-refractivity contribution in [3.63, 3.8) is 0 Å². The number of fused-ring (bicyclic) bond motifs is 1. The molecule has 0 unspecified atom stereocenters. The largest absolute Gasteiger partial charge is 0.325 e. The van der Waals surface area contributed by atoms with Crippen LogP contribution in [-0.4, -0.2) is 26.1 Å². The molecule has 2 aliphatic rings. The topological polar surface area (TPSA) is 56.7 Å². The first-order chi connectivity index (χ1) is 7.75. The number of nitrogens with two attached hydrogens (primary N) is 1. The molecule has 88 valence electrons. The average molecular weight is 238 g/mol. The molecule has 16 heavy (non-hydrogen) atoms. The van der Waals surface area contributed by atoms with Crippen molar-refractivity contribution >= 4 is 11.8 Å². The molecule has 1 fully saturated rings. The van der Waals surface area contributed by atoms with Gasteiger partial charge in [-0.2, -0.15) is 5.10 Å². The zero-order valence-electron chi connectivity index (χ0n) is 9.48. The second-order valence-corrected chi connectivity index (χ2v) is 6.01. The number of aromatic nitrogens is 3. The number of rotatable bonds is 3. The van der Waals surface area contributed by atoms with Crippen LogP contribution in [0.2, 0.25) is 0 Å². The Labute approximate surface area is 100.0 Å². The van der Waals surface area contributed by atoms with Gasteiger partial charge in [-0.3, -0.25) is 0 Å². The number of hydrogen-bond acceptors (Lipinski definition) is 4. The lowest BCUT2D eigenvalue weighted by Crippen LogP contribution is -2.22. The molecule has 3 rings (SSSR count). The molecule has 0 spiro atoms. The molecule has 0 radical (unpaired) electrons. The highest BCUT2D eigenvalue weighted by Gasteiger charge is 2.37. The molecular formula is C11H18N4S. The Hall–Kier alpha value is -0.550. The Balaban J connectivity index is 1.66. The maximum absolute atomic E-state index is 6.07. The van der Waals surface area contributed by atoms with E-state index in [-0.39, 0.29) is 5.54 Å². The fraction of sp³-hybridized carbons (Fsp3) is 0.818. The third-order valence-corrected chi connectivity index (χ3v) is 4.47. The second-order valence-electron chi connectivity index (χ2n) is 4.95. The van der Waals surface area contributed by atoms with Crippen LogP contribution in [0.5, 0.6) is 0 Å². The molecule has 2 heterocycles. The first kappa shape index (κ1) is 10.6. The molecule has 1 aromatic heterocycles. The van der Waals surface area contributed by atoms with Crippen LogP contribution >= 0.6 is 11.8 Å². The molecule has 0 atom stereocenters. The van der Waals surface area contributed by atoms with Gasteiger partial charge in [0.1, 0.15) is 0 Å². The van der Waals surface area contributed by atoms with Crippen LogP contribution in [0, 0.1) is 0 Å². The van der Waals surface area contributed by atoms with Crippen LogP contribution in [0.3, 0.4) is 0 Å². The molecule has 1 aromatic rings. The van der Waals surface area contributed by atoms with Crippen molar-refractivity contribution in [3.8, 4) is 0 Å². The van der Waals surface area contributed by atoms with E-state index in [1.807, 2.05) is 11.8 Å². The van der Waals surface area contributed by atoms with Gasteiger partial charge in [0.25, 0.3) is 0 Å². The van der Waals surface area contributed by atoms with E-state index < -0.39 is 0 Å². The van der Waals surface area contributed by atoms with Gasteiger partial charge in [0.2, 0.25) is 0 Å². The molecular weight excluding hydrogens is 220 g/mol. The standard InChI is InChI=1S/C11H18N4S/c12-11(5-6-11)4-3-9-13-10-15(14-9)7-1-2-8-16-10/h1-8,12H2. The van der Waals surface area contributed by atoms with E-state index in [0.717, 1.165) is 30.4 Å². The van der Waals surface area contributed by atoms with Crippen LogP contribution in [0.1, 0.15) is 37.9 Å². The van der Waals surface area contributed by atoms with Crippen LogP contribution < -0.4 is 5.73 Å². The minimum Gasteiger partial charge on any atom is -0.325 e. The van der Waals surface area contributed by atoms with Crippen molar-refractivity contribution in [2.24, 2.45) is 5.73 Å². The summed E-state index contributed by atoms with van der Waals surface area (Å²) in [6.07, 6.45) is 6.84. The molecule has 4 nitrogen and oxygen atoms in total. The number of aryl methyl sites for hydroxylation is 2. The van der Waals surface area contributed by atoms with Crippen LogP contribution in [-0.2, 0) is 13.0 Å². The van der Waals surface area contributed by atoms with Crippen LogP contribution in [0.25, 0.3) is 0 Å². The SMILES string of the molecule is NC1(CCc2nc3n(n2)CCCCS3)CC1. The Morgan fingerprint density at radius 3 is 3.06 bits per heavy atom. The van der Waals surface area contributed by atoms with Crippen molar-refractivity contribution in [1.29, 1.82) is 0 Å². The average Bonchev–Trinajstić information content (AvgIpc) is 2.95. The molecule has 0 amide bonds. The smallest absolute Gasteiger partial charge is 0.186 e. The molecule has 1 aliphatic carbocycles. The van der Waals surface area contributed by atoms with Gasteiger partial charge in [-0.25, -0.2) is 9.67 Å². The lowest BCUT2D eigenvalue weighted by atomic mass is 10.1. The Morgan fingerprint density at radius 1 is 1.38 bits per heavy atom. The lowest BCUT2D eigenvalue weighted by Gasteiger charge is -2.04. The monoisotopic (exact) mass is 238 g/mol. The van der Waals surface area contributed by atoms with E-state index in [9.17, 15) is 0 Å². The number of thioether (sulfide) groups is 1. The van der Waals surface area contributed by atoms with Crippen molar-refractivity contribution in [1.82, 2.24) is 14.8 Å². The van der Waals surface area contributed by atoms with Crippen LogP contribution in [0.4, 0.5) is 0 Å². The highest BCUT2D eigenvalue weighted by Crippen LogP contribution is 2.36. The number of hydrogen-bond donors (Lipinski definition) is 1. The van der Waals surface area contributed by atoms with Gasteiger partial charge in [-0.15, -0.1) is 0 Å². The van der Waals surface area contributed by atoms with Crippen LogP contribution in [0.15, 0.2) is 5.16 Å². The van der Waals surface area contributed by atoms with Crippen molar-refractivity contribution in [3.05, 3.63) is 5.82 Å². The summed E-state index contributed by atoms with van der Waals surface area (Å²) >= 11 is 1.84. The highest BCUT2D eigenvalue weighted by atomic mass is 32.2. The summed E-state index contributed by atoms with van der Waals surface area (Å²) in [5.41, 5.74) is 6.19. The van der Waals surface area contributed by atoms with Crippen molar-refractivity contribution in [2.75, 3.05) is 5.75 Å². The van der Waals surface area contributed by atoms with Gasteiger partial charge in [-0.1, -0.05) is 11.8 Å². The van der Waals surface area contributed by atoms with E-state index in [1.165, 1.54) is 31.4 Å². The molecule has 0 saturated heterocycles. The molecule has 1 saturated carbocycles. The van der Waals surface area contributed by atoms with Gasteiger partial charge < -0.3 is 5.73 Å². The second kappa shape index (κ2) is 4.04. The molecule has 1 aliphatic heterocycles. The lowest BCUT2D eigenvalue weighted by molar-refractivity contribution is 0.531. The third kappa shape index (κ3) is 2.25. The van der Waals surface area contributed by atoms with Gasteiger partial charge in [0, 0.05) is 24.3 Å². The van der Waals surface area contributed by atoms with Crippen molar-refractivity contribution in [2.45, 2.75) is 55.8 Å². The quantitative estimate of drug-likeness (QED) is 0.869. The highest BCUT2D eigenvalue weighted by molar-refractivity contribution is 7.99. The summed E-state index contributed by atoms with van der Waals surface area (Å²) in [7, 11) is 0. The number of nitrogens with zero attached hydrogens (tertiary/aromatic N) is 3. The van der Waals surface area contributed by atoms with Gasteiger partial charge in [0.15, 0.2) is 11.0 Å². The molecule has 0 aromatic carbocycles. The summed E-state index contributed by atoms with van der Waals surface area (Å²) in [5.74, 6) is 2.17. The van der Waals surface area contributed by atoms with E-state index in [2.05, 4.69) is 14.8 Å². The van der Waals surface area contributed by atoms with Crippen molar-refractivity contribution < 1.29 is 0 Å². The van der Waals surface area contributed by atoms with E-state index in [0.29, 0.717) is 0 Å². The maximum Gasteiger partial charge on any atom is 0.186 e. The van der Waals surface area contributed by atoms with E-state index >= 15 is 0 Å². The van der Waals surface area contributed by atoms with Gasteiger partial charge in [-0.05, 0) is 32.1 Å². The fourth-order valence-corrected chi connectivity index (χ4v) is 3.01. The predicted molar refractivity (Wildman–Crippen MR) is 64.5 cm³/mol. The fourth-order valence-electron chi connectivity index (χ4n) is 2.03. The first-order valence-corrected chi connectivity index (χ1v) is 7.09. The summed E-state index contributed by atoms with van der Waals surface area (Å²) in [4.78, 5) is 4.60. The zero-order chi connectivity index (χ0) is 11.0. The minimum absolute atomic E-state index is 0.121. The first-order valence-electron chi connectivity index (χ1n) is 6.11. The summed E-state index contributed by atoms with van der Waals surface area (Å²) < 4.78 is 2.07. The normalized spacial score (nSPS) is 22.6. The maximum atomic E-state index is 6.07. The van der Waals surface area contributed by atoms with Gasteiger partial charge >= 0.3 is 0 Å². The summed E-state index contributed by atoms with van der Waals surface area (Å²) in [6.45, 7) is 1.03. The Kier molecular flexibility index (Phi) is 2.67. The predicted octanol–water partition coefficient (Wildman–Crippen LogP) is 1.59. The zero-order valence-corrected chi connectivity index (χ0v) is 10.3. The molecule has 5 heteroatoms. The summed E-state index contributed by atoms with van der Waals surface area (Å²) in [6, 6.07) is 0. The third-order valence-electron chi connectivity index (χ3n) is 3.42. The van der Waals surface area contributed by atoms with E-state index in [4.69, 9.17) is 5.73 Å². The van der Waals surface area contributed by atoms with E-state index in [1.54, 1.807) is 0 Å².